The summed E-state index contributed by atoms with van der Waals surface area (Å²) in [6, 6.07) is 8.69. The first kappa shape index (κ1) is 15.5. The van der Waals surface area contributed by atoms with E-state index in [1.807, 2.05) is 6.20 Å². The average molecular weight is 283 g/mol. The lowest BCUT2D eigenvalue weighted by Gasteiger charge is -2.11. The predicted octanol–water partition coefficient (Wildman–Crippen LogP) is 4.47. The molecule has 3 nitrogen and oxygen atoms in total. The van der Waals surface area contributed by atoms with Gasteiger partial charge in [-0.25, -0.2) is 9.97 Å². The molecule has 0 radical (unpaired) electrons. The van der Waals surface area contributed by atoms with E-state index >= 15 is 0 Å². The number of benzene rings is 1. The molecule has 21 heavy (non-hydrogen) atoms. The zero-order chi connectivity index (χ0) is 15.2. The Labute approximate surface area is 127 Å². The van der Waals surface area contributed by atoms with Crippen molar-refractivity contribution >= 4 is 5.95 Å². The predicted molar refractivity (Wildman–Crippen MR) is 89.5 cm³/mol. The minimum atomic E-state index is 0.661. The fraction of sp³-hybridized carbons (Fsp3) is 0.444. The monoisotopic (exact) mass is 283 g/mol. The van der Waals surface area contributed by atoms with Crippen molar-refractivity contribution in [2.75, 3.05) is 11.9 Å². The van der Waals surface area contributed by atoms with E-state index in [2.05, 4.69) is 67.2 Å². The molecule has 0 aliphatic rings. The second kappa shape index (κ2) is 7.21. The molecule has 0 aliphatic heterocycles. The molecule has 0 fully saturated rings. The van der Waals surface area contributed by atoms with Gasteiger partial charge in [-0.3, -0.25) is 0 Å². The number of aromatic nitrogens is 2. The Morgan fingerprint density at radius 2 is 2.05 bits per heavy atom. The molecule has 1 N–H and O–H groups in total. The summed E-state index contributed by atoms with van der Waals surface area (Å²) >= 11 is 0. The Morgan fingerprint density at radius 1 is 1.24 bits per heavy atom. The maximum absolute atomic E-state index is 4.68. The van der Waals surface area contributed by atoms with Gasteiger partial charge in [0, 0.05) is 18.3 Å². The van der Waals surface area contributed by atoms with Crippen LogP contribution < -0.4 is 5.32 Å². The third-order valence-electron chi connectivity index (χ3n) is 3.35. The van der Waals surface area contributed by atoms with Gasteiger partial charge in [0.05, 0.1) is 5.69 Å². The van der Waals surface area contributed by atoms with Crippen LogP contribution in [-0.4, -0.2) is 16.5 Å². The van der Waals surface area contributed by atoms with Gasteiger partial charge in [-0.2, -0.15) is 0 Å². The number of rotatable bonds is 6. The Balaban J connectivity index is 2.31. The molecule has 0 unspecified atom stereocenters. The van der Waals surface area contributed by atoms with Crippen LogP contribution in [0.25, 0.3) is 11.3 Å². The van der Waals surface area contributed by atoms with Crippen molar-refractivity contribution in [1.82, 2.24) is 9.97 Å². The Kier molecular flexibility index (Phi) is 5.32. The molecular formula is C18H25N3. The van der Waals surface area contributed by atoms with Crippen molar-refractivity contribution in [3.8, 4) is 11.3 Å². The summed E-state index contributed by atoms with van der Waals surface area (Å²) in [7, 11) is 0. The fourth-order valence-corrected chi connectivity index (χ4v) is 2.37. The lowest BCUT2D eigenvalue weighted by Crippen LogP contribution is -2.05. The largest absolute Gasteiger partial charge is 0.354 e. The van der Waals surface area contributed by atoms with Crippen LogP contribution in [-0.2, 0) is 6.42 Å². The zero-order valence-corrected chi connectivity index (χ0v) is 13.5. The maximum atomic E-state index is 4.68. The molecule has 2 aromatic rings. The average Bonchev–Trinajstić information content (AvgIpc) is 2.46. The van der Waals surface area contributed by atoms with Crippen molar-refractivity contribution in [3.63, 3.8) is 0 Å². The molecule has 3 heteroatoms. The second-order valence-electron chi connectivity index (χ2n) is 5.95. The van der Waals surface area contributed by atoms with Gasteiger partial charge in [-0.1, -0.05) is 39.0 Å². The highest BCUT2D eigenvalue weighted by Gasteiger charge is 2.08. The highest BCUT2D eigenvalue weighted by Crippen LogP contribution is 2.23. The minimum absolute atomic E-state index is 0.661. The van der Waals surface area contributed by atoms with Crippen LogP contribution in [0, 0.1) is 12.8 Å². The van der Waals surface area contributed by atoms with Crippen molar-refractivity contribution < 1.29 is 0 Å². The van der Waals surface area contributed by atoms with E-state index in [1.165, 1.54) is 11.1 Å². The lowest BCUT2D eigenvalue weighted by molar-refractivity contribution is 0.647. The number of nitrogens with zero attached hydrogens (tertiary/aromatic N) is 2. The van der Waals surface area contributed by atoms with E-state index in [0.29, 0.717) is 11.9 Å². The van der Waals surface area contributed by atoms with E-state index in [0.717, 1.165) is 30.6 Å². The molecule has 1 aromatic carbocycles. The molecule has 0 atom stereocenters. The van der Waals surface area contributed by atoms with Crippen molar-refractivity contribution in [2.24, 2.45) is 5.92 Å². The normalized spacial score (nSPS) is 10.9. The van der Waals surface area contributed by atoms with Gasteiger partial charge in [0.25, 0.3) is 0 Å². The number of anilines is 1. The highest BCUT2D eigenvalue weighted by atomic mass is 15.1. The number of hydrogen-bond acceptors (Lipinski definition) is 3. The van der Waals surface area contributed by atoms with E-state index in [4.69, 9.17) is 0 Å². The first-order chi connectivity index (χ1) is 10.1. The van der Waals surface area contributed by atoms with E-state index < -0.39 is 0 Å². The van der Waals surface area contributed by atoms with Gasteiger partial charge in [0.2, 0.25) is 5.95 Å². The summed E-state index contributed by atoms with van der Waals surface area (Å²) in [5, 5.41) is 3.26. The first-order valence-corrected chi connectivity index (χ1v) is 7.77. The second-order valence-corrected chi connectivity index (χ2v) is 5.95. The van der Waals surface area contributed by atoms with Crippen LogP contribution >= 0.6 is 0 Å². The van der Waals surface area contributed by atoms with Gasteiger partial charge in [-0.05, 0) is 42.9 Å². The number of hydrogen-bond donors (Lipinski definition) is 1. The summed E-state index contributed by atoms with van der Waals surface area (Å²) in [5.74, 6) is 1.38. The molecule has 0 amide bonds. The van der Waals surface area contributed by atoms with E-state index in [9.17, 15) is 0 Å². The molecule has 2 rings (SSSR count). The molecule has 1 heterocycles. The van der Waals surface area contributed by atoms with Crippen molar-refractivity contribution in [1.29, 1.82) is 0 Å². The summed E-state index contributed by atoms with van der Waals surface area (Å²) in [6.45, 7) is 9.59. The van der Waals surface area contributed by atoms with Crippen LogP contribution in [0.5, 0.6) is 0 Å². The van der Waals surface area contributed by atoms with E-state index in [1.54, 1.807) is 0 Å². The Hall–Kier alpha value is -1.90. The third kappa shape index (κ3) is 4.28. The zero-order valence-electron chi connectivity index (χ0n) is 13.5. The quantitative estimate of drug-likeness (QED) is 0.849. The molecule has 0 bridgehead atoms. The molecule has 0 saturated heterocycles. The van der Waals surface area contributed by atoms with Gasteiger partial charge < -0.3 is 5.32 Å². The summed E-state index contributed by atoms with van der Waals surface area (Å²) in [4.78, 5) is 9.03. The van der Waals surface area contributed by atoms with Gasteiger partial charge >= 0.3 is 0 Å². The van der Waals surface area contributed by atoms with Crippen molar-refractivity contribution in [3.05, 3.63) is 41.6 Å². The molecular weight excluding hydrogens is 258 g/mol. The highest BCUT2D eigenvalue weighted by molar-refractivity contribution is 5.64. The standard InChI is InChI=1S/C18H25N3/c1-5-9-19-18-20-12-14(4)17(21-18)16-8-6-7-15(11-16)10-13(2)3/h6-8,11-13H,5,9-10H2,1-4H3,(H,19,20,21). The Morgan fingerprint density at radius 3 is 2.76 bits per heavy atom. The minimum Gasteiger partial charge on any atom is -0.354 e. The molecule has 0 saturated carbocycles. The van der Waals surface area contributed by atoms with Crippen LogP contribution in [0.15, 0.2) is 30.5 Å². The fourth-order valence-electron chi connectivity index (χ4n) is 2.37. The van der Waals surface area contributed by atoms with Crippen LogP contribution in [0.3, 0.4) is 0 Å². The van der Waals surface area contributed by atoms with Crippen LogP contribution in [0.1, 0.15) is 38.3 Å². The van der Waals surface area contributed by atoms with Crippen LogP contribution in [0.4, 0.5) is 5.95 Å². The van der Waals surface area contributed by atoms with Gasteiger partial charge in [0.15, 0.2) is 0 Å². The molecule has 112 valence electrons. The molecule has 0 spiro atoms. The smallest absolute Gasteiger partial charge is 0.223 e. The first-order valence-electron chi connectivity index (χ1n) is 7.77. The number of nitrogens with one attached hydrogen (secondary N) is 1. The third-order valence-corrected chi connectivity index (χ3v) is 3.35. The summed E-state index contributed by atoms with van der Waals surface area (Å²) in [6.07, 6.45) is 4.06. The van der Waals surface area contributed by atoms with Crippen molar-refractivity contribution in [2.45, 2.75) is 40.5 Å². The van der Waals surface area contributed by atoms with Crippen LogP contribution in [0.2, 0.25) is 0 Å². The molecule has 0 aliphatic carbocycles. The SMILES string of the molecule is CCCNc1ncc(C)c(-c2cccc(CC(C)C)c2)n1. The summed E-state index contributed by atoms with van der Waals surface area (Å²) < 4.78 is 0. The van der Waals surface area contributed by atoms with E-state index in [-0.39, 0.29) is 0 Å². The lowest BCUT2D eigenvalue weighted by atomic mass is 9.99. The molecule has 1 aromatic heterocycles. The number of aryl methyl sites for hydroxylation is 1. The van der Waals surface area contributed by atoms with Gasteiger partial charge in [0.1, 0.15) is 0 Å². The topological polar surface area (TPSA) is 37.8 Å². The summed E-state index contributed by atoms with van der Waals surface area (Å²) in [5.41, 5.74) is 4.67. The maximum Gasteiger partial charge on any atom is 0.223 e. The van der Waals surface area contributed by atoms with Gasteiger partial charge in [-0.15, -0.1) is 0 Å². The Bertz CT molecular complexity index is 591.